The van der Waals surface area contributed by atoms with E-state index < -0.39 is 0 Å². The van der Waals surface area contributed by atoms with Crippen LogP contribution >= 0.6 is 11.3 Å². The van der Waals surface area contributed by atoms with Gasteiger partial charge in [-0.3, -0.25) is 4.90 Å². The molecule has 1 atom stereocenters. The quantitative estimate of drug-likeness (QED) is 0.831. The molecule has 2 fully saturated rings. The second kappa shape index (κ2) is 6.33. The van der Waals surface area contributed by atoms with Crippen LogP contribution in [0.5, 0.6) is 0 Å². The van der Waals surface area contributed by atoms with Crippen LogP contribution in [0.25, 0.3) is 0 Å². The molecule has 3 rings (SSSR count). The van der Waals surface area contributed by atoms with Crippen LogP contribution < -0.4 is 5.32 Å². The van der Waals surface area contributed by atoms with Gasteiger partial charge in [-0.05, 0) is 38.1 Å². The van der Waals surface area contributed by atoms with E-state index >= 15 is 0 Å². The monoisotopic (exact) mass is 279 g/mol. The minimum atomic E-state index is 0.778. The second-order valence-electron chi connectivity index (χ2n) is 6.07. The molecule has 4 heteroatoms. The van der Waals surface area contributed by atoms with Crippen molar-refractivity contribution in [2.45, 2.75) is 58.2 Å². The molecule has 0 aromatic carbocycles. The van der Waals surface area contributed by atoms with Crippen molar-refractivity contribution in [3.63, 3.8) is 0 Å². The molecule has 1 N–H and O–H groups in total. The Balaban J connectivity index is 1.44. The van der Waals surface area contributed by atoms with Gasteiger partial charge in [-0.1, -0.05) is 13.3 Å². The van der Waals surface area contributed by atoms with Crippen molar-refractivity contribution in [1.29, 1.82) is 0 Å². The van der Waals surface area contributed by atoms with Gasteiger partial charge in [0, 0.05) is 31.1 Å². The lowest BCUT2D eigenvalue weighted by atomic mass is 10.0. The van der Waals surface area contributed by atoms with E-state index in [9.17, 15) is 0 Å². The molecule has 1 aromatic rings. The predicted molar refractivity (Wildman–Crippen MR) is 80.3 cm³/mol. The fourth-order valence-corrected chi connectivity index (χ4v) is 3.69. The Kier molecular flexibility index (Phi) is 4.51. The van der Waals surface area contributed by atoms with E-state index in [0.717, 1.165) is 25.0 Å². The van der Waals surface area contributed by atoms with E-state index in [0.29, 0.717) is 0 Å². The fourth-order valence-electron chi connectivity index (χ4n) is 2.95. The van der Waals surface area contributed by atoms with E-state index in [1.807, 2.05) is 11.3 Å². The number of rotatable bonds is 7. The van der Waals surface area contributed by atoms with Gasteiger partial charge < -0.3 is 5.32 Å². The molecule has 1 unspecified atom stereocenters. The molecule has 106 valence electrons. The van der Waals surface area contributed by atoms with Crippen molar-refractivity contribution in [2.24, 2.45) is 5.92 Å². The lowest BCUT2D eigenvalue weighted by molar-refractivity contribution is 0.309. The van der Waals surface area contributed by atoms with Crippen LogP contribution in [0.2, 0.25) is 0 Å². The SMILES string of the molecule is CCCC1CCN(Cc2csc(CNC3CC3)n2)C1. The Morgan fingerprint density at radius 2 is 2.32 bits per heavy atom. The number of thiazole rings is 1. The molecule has 0 spiro atoms. The first kappa shape index (κ1) is 13.5. The number of hydrogen-bond donors (Lipinski definition) is 1. The van der Waals surface area contributed by atoms with E-state index in [-0.39, 0.29) is 0 Å². The molecule has 1 aromatic heterocycles. The van der Waals surface area contributed by atoms with Crippen LogP contribution in [-0.4, -0.2) is 29.0 Å². The van der Waals surface area contributed by atoms with Crippen molar-refractivity contribution in [3.8, 4) is 0 Å². The number of nitrogens with one attached hydrogen (secondary N) is 1. The lowest BCUT2D eigenvalue weighted by Gasteiger charge is -2.14. The van der Waals surface area contributed by atoms with Crippen molar-refractivity contribution in [1.82, 2.24) is 15.2 Å². The first-order chi connectivity index (χ1) is 9.33. The van der Waals surface area contributed by atoms with Crippen LogP contribution in [0.1, 0.15) is 49.7 Å². The number of hydrogen-bond acceptors (Lipinski definition) is 4. The Labute approximate surface area is 120 Å². The Bertz CT molecular complexity index is 400. The molecule has 0 bridgehead atoms. The summed E-state index contributed by atoms with van der Waals surface area (Å²) in [5, 5.41) is 7.04. The number of nitrogens with zero attached hydrogens (tertiary/aromatic N) is 2. The summed E-state index contributed by atoms with van der Waals surface area (Å²) in [5.74, 6) is 0.930. The van der Waals surface area contributed by atoms with Crippen LogP contribution in [0.4, 0.5) is 0 Å². The third kappa shape index (κ3) is 4.01. The molecule has 19 heavy (non-hydrogen) atoms. The number of aromatic nitrogens is 1. The summed E-state index contributed by atoms with van der Waals surface area (Å²) in [6.45, 7) is 6.86. The highest BCUT2D eigenvalue weighted by Gasteiger charge is 2.23. The highest BCUT2D eigenvalue weighted by molar-refractivity contribution is 7.09. The van der Waals surface area contributed by atoms with Gasteiger partial charge in [-0.2, -0.15) is 0 Å². The molecular weight excluding hydrogens is 254 g/mol. The standard InChI is InChI=1S/C15H25N3S/c1-2-3-12-6-7-18(9-12)10-14-11-19-15(17-14)8-16-13-4-5-13/h11-13,16H,2-10H2,1H3. The van der Waals surface area contributed by atoms with Crippen LogP contribution in [0.3, 0.4) is 0 Å². The molecule has 3 nitrogen and oxygen atoms in total. The van der Waals surface area contributed by atoms with Gasteiger partial charge in [0.1, 0.15) is 5.01 Å². The summed E-state index contributed by atoms with van der Waals surface area (Å²) in [6, 6.07) is 0.778. The molecular formula is C15H25N3S. The fraction of sp³-hybridized carbons (Fsp3) is 0.800. The van der Waals surface area contributed by atoms with Gasteiger partial charge in [-0.15, -0.1) is 11.3 Å². The normalized spacial score (nSPS) is 24.2. The van der Waals surface area contributed by atoms with Gasteiger partial charge >= 0.3 is 0 Å². The first-order valence-corrected chi connectivity index (χ1v) is 8.60. The highest BCUT2D eigenvalue weighted by atomic mass is 32.1. The molecule has 0 radical (unpaired) electrons. The molecule has 1 saturated heterocycles. The summed E-state index contributed by atoms with van der Waals surface area (Å²) in [5.41, 5.74) is 1.27. The number of likely N-dealkylation sites (tertiary alicyclic amines) is 1. The van der Waals surface area contributed by atoms with Crippen molar-refractivity contribution in [2.75, 3.05) is 13.1 Å². The molecule has 2 heterocycles. The lowest BCUT2D eigenvalue weighted by Crippen LogP contribution is -2.20. The van der Waals surface area contributed by atoms with Crippen LogP contribution in [0.15, 0.2) is 5.38 Å². The second-order valence-corrected chi connectivity index (χ2v) is 7.01. The summed E-state index contributed by atoms with van der Waals surface area (Å²) >= 11 is 1.81. The molecule has 2 aliphatic rings. The summed E-state index contributed by atoms with van der Waals surface area (Å²) in [4.78, 5) is 7.34. The zero-order valence-electron chi connectivity index (χ0n) is 11.9. The summed E-state index contributed by atoms with van der Waals surface area (Å²) < 4.78 is 0. The minimum Gasteiger partial charge on any atom is -0.308 e. The zero-order valence-corrected chi connectivity index (χ0v) is 12.7. The van der Waals surface area contributed by atoms with E-state index in [2.05, 4.69) is 22.5 Å². The molecule has 1 saturated carbocycles. The largest absolute Gasteiger partial charge is 0.308 e. The zero-order chi connectivity index (χ0) is 13.1. The predicted octanol–water partition coefficient (Wildman–Crippen LogP) is 3.02. The van der Waals surface area contributed by atoms with Crippen LogP contribution in [-0.2, 0) is 13.1 Å². The van der Waals surface area contributed by atoms with E-state index in [1.165, 1.54) is 55.9 Å². The maximum atomic E-state index is 4.76. The summed E-state index contributed by atoms with van der Waals surface area (Å²) in [7, 11) is 0. The smallest absolute Gasteiger partial charge is 0.107 e. The molecule has 1 aliphatic heterocycles. The van der Waals surface area contributed by atoms with Crippen LogP contribution in [0, 0.1) is 5.92 Å². The maximum absolute atomic E-state index is 4.76. The van der Waals surface area contributed by atoms with Crippen molar-refractivity contribution in [3.05, 3.63) is 16.1 Å². The highest BCUT2D eigenvalue weighted by Crippen LogP contribution is 2.23. The Hall–Kier alpha value is -0.450. The topological polar surface area (TPSA) is 28.2 Å². The first-order valence-electron chi connectivity index (χ1n) is 7.72. The average molecular weight is 279 g/mol. The minimum absolute atomic E-state index is 0.778. The van der Waals surface area contributed by atoms with E-state index in [4.69, 9.17) is 4.98 Å². The Morgan fingerprint density at radius 1 is 1.42 bits per heavy atom. The third-order valence-corrected chi connectivity index (χ3v) is 5.07. The van der Waals surface area contributed by atoms with E-state index in [1.54, 1.807) is 0 Å². The van der Waals surface area contributed by atoms with Gasteiger partial charge in [0.15, 0.2) is 0 Å². The molecule has 1 aliphatic carbocycles. The van der Waals surface area contributed by atoms with Gasteiger partial charge in [0.2, 0.25) is 0 Å². The van der Waals surface area contributed by atoms with Gasteiger partial charge in [0.05, 0.1) is 5.69 Å². The summed E-state index contributed by atoms with van der Waals surface area (Å²) in [6.07, 6.45) is 6.81. The van der Waals surface area contributed by atoms with Crippen molar-refractivity contribution < 1.29 is 0 Å². The Morgan fingerprint density at radius 3 is 3.11 bits per heavy atom. The molecule has 0 amide bonds. The van der Waals surface area contributed by atoms with Gasteiger partial charge in [-0.25, -0.2) is 4.98 Å². The maximum Gasteiger partial charge on any atom is 0.107 e. The van der Waals surface area contributed by atoms with Crippen molar-refractivity contribution >= 4 is 11.3 Å². The van der Waals surface area contributed by atoms with Gasteiger partial charge in [0.25, 0.3) is 0 Å². The third-order valence-electron chi connectivity index (χ3n) is 4.17. The average Bonchev–Trinajstić information content (AvgIpc) is 2.97.